The number of aromatic nitrogens is 1. The van der Waals surface area contributed by atoms with Crippen molar-refractivity contribution in [3.8, 4) is 0 Å². The normalized spacial score (nSPS) is 33.2. The van der Waals surface area contributed by atoms with Crippen LogP contribution in [0.25, 0.3) is 0 Å². The minimum atomic E-state index is 0.411. The molecular formula is C15H20N4. The summed E-state index contributed by atoms with van der Waals surface area (Å²) in [4.78, 5) is 11.8. The minimum Gasteiger partial charge on any atom is -0.351 e. The lowest BCUT2D eigenvalue weighted by atomic mass is 9.89. The van der Waals surface area contributed by atoms with E-state index >= 15 is 0 Å². The van der Waals surface area contributed by atoms with Crippen LogP contribution in [0.2, 0.25) is 0 Å². The van der Waals surface area contributed by atoms with Crippen LogP contribution in [0.15, 0.2) is 29.4 Å². The molecule has 2 aliphatic heterocycles. The molecule has 4 rings (SSSR count). The Bertz CT molecular complexity index is 484. The summed E-state index contributed by atoms with van der Waals surface area (Å²) in [6, 6.07) is 7.89. The molecule has 3 unspecified atom stereocenters. The molecule has 19 heavy (non-hydrogen) atoms. The van der Waals surface area contributed by atoms with E-state index in [0.717, 1.165) is 18.9 Å². The Morgan fingerprint density at radius 3 is 3.00 bits per heavy atom. The highest BCUT2D eigenvalue weighted by atomic mass is 15.4. The van der Waals surface area contributed by atoms with Crippen LogP contribution < -0.4 is 5.32 Å². The summed E-state index contributed by atoms with van der Waals surface area (Å²) in [5.74, 6) is 1.12. The Balaban J connectivity index is 1.68. The Morgan fingerprint density at radius 2 is 2.11 bits per heavy atom. The van der Waals surface area contributed by atoms with Gasteiger partial charge in [-0.25, -0.2) is 0 Å². The maximum Gasteiger partial charge on any atom is 0.195 e. The van der Waals surface area contributed by atoms with Crippen molar-refractivity contribution in [1.29, 1.82) is 0 Å². The van der Waals surface area contributed by atoms with E-state index in [-0.39, 0.29) is 0 Å². The zero-order valence-corrected chi connectivity index (χ0v) is 11.1. The molecule has 4 nitrogen and oxygen atoms in total. The smallest absolute Gasteiger partial charge is 0.195 e. The lowest BCUT2D eigenvalue weighted by Gasteiger charge is -2.38. The van der Waals surface area contributed by atoms with Gasteiger partial charge >= 0.3 is 0 Å². The summed E-state index contributed by atoms with van der Waals surface area (Å²) in [6.45, 7) is 0.916. The summed E-state index contributed by atoms with van der Waals surface area (Å²) < 4.78 is 0. The fourth-order valence-electron chi connectivity index (χ4n) is 3.81. The van der Waals surface area contributed by atoms with Crippen LogP contribution in [0.3, 0.4) is 0 Å². The van der Waals surface area contributed by atoms with Crippen molar-refractivity contribution >= 4 is 5.96 Å². The van der Waals surface area contributed by atoms with Crippen molar-refractivity contribution in [2.24, 2.45) is 4.99 Å². The van der Waals surface area contributed by atoms with Gasteiger partial charge in [0.2, 0.25) is 0 Å². The third-order valence-electron chi connectivity index (χ3n) is 4.67. The first-order chi connectivity index (χ1) is 9.43. The molecule has 1 saturated heterocycles. The molecule has 3 atom stereocenters. The van der Waals surface area contributed by atoms with Gasteiger partial charge in [0.1, 0.15) is 0 Å². The quantitative estimate of drug-likeness (QED) is 0.836. The lowest BCUT2D eigenvalue weighted by molar-refractivity contribution is 0.185. The highest BCUT2D eigenvalue weighted by molar-refractivity contribution is 5.84. The van der Waals surface area contributed by atoms with Crippen LogP contribution in [-0.2, 0) is 0 Å². The van der Waals surface area contributed by atoms with E-state index in [1.54, 1.807) is 0 Å². The van der Waals surface area contributed by atoms with Crippen molar-refractivity contribution in [1.82, 2.24) is 15.2 Å². The van der Waals surface area contributed by atoms with Crippen LogP contribution in [0, 0.1) is 0 Å². The molecule has 1 aliphatic carbocycles. The summed E-state index contributed by atoms with van der Waals surface area (Å²) >= 11 is 0. The van der Waals surface area contributed by atoms with Gasteiger partial charge in [-0.1, -0.05) is 18.9 Å². The van der Waals surface area contributed by atoms with Crippen LogP contribution in [0.1, 0.15) is 43.8 Å². The first kappa shape index (κ1) is 11.3. The van der Waals surface area contributed by atoms with Crippen molar-refractivity contribution in [3.63, 3.8) is 0 Å². The average Bonchev–Trinajstić information content (AvgIpc) is 2.86. The van der Waals surface area contributed by atoms with E-state index in [1.807, 2.05) is 12.3 Å². The number of nitrogens with zero attached hydrogens (tertiary/aromatic N) is 3. The van der Waals surface area contributed by atoms with Crippen LogP contribution in [0.5, 0.6) is 0 Å². The van der Waals surface area contributed by atoms with E-state index < -0.39 is 0 Å². The number of hydrogen-bond donors (Lipinski definition) is 1. The lowest BCUT2D eigenvalue weighted by Crippen LogP contribution is -2.43. The Morgan fingerprint density at radius 1 is 1.16 bits per heavy atom. The first-order valence-corrected chi connectivity index (χ1v) is 7.44. The fraction of sp³-hybridized carbons (Fsp3) is 0.600. The largest absolute Gasteiger partial charge is 0.351 e. The summed E-state index contributed by atoms with van der Waals surface area (Å²) in [5.41, 5.74) is 1.20. The van der Waals surface area contributed by atoms with Crippen molar-refractivity contribution in [3.05, 3.63) is 30.1 Å². The number of pyridine rings is 1. The first-order valence-electron chi connectivity index (χ1n) is 7.44. The molecule has 3 heterocycles. The summed E-state index contributed by atoms with van der Waals surface area (Å²) in [5, 5.41) is 3.64. The Labute approximate surface area is 113 Å². The predicted octanol–water partition coefficient (Wildman–Crippen LogP) is 2.10. The molecule has 100 valence electrons. The number of rotatable bonds is 1. The van der Waals surface area contributed by atoms with E-state index in [2.05, 4.69) is 27.3 Å². The second-order valence-corrected chi connectivity index (χ2v) is 5.77. The molecule has 1 N–H and O–H groups in total. The summed E-state index contributed by atoms with van der Waals surface area (Å²) in [6.07, 6.45) is 8.27. The van der Waals surface area contributed by atoms with Gasteiger partial charge in [0, 0.05) is 18.8 Å². The van der Waals surface area contributed by atoms with Crippen LogP contribution >= 0.6 is 0 Å². The number of fused-ring (bicyclic) bond motifs is 3. The van der Waals surface area contributed by atoms with Gasteiger partial charge < -0.3 is 10.2 Å². The molecule has 1 saturated carbocycles. The maximum absolute atomic E-state index is 4.70. The molecule has 0 aromatic carbocycles. The van der Waals surface area contributed by atoms with Crippen molar-refractivity contribution < 1.29 is 0 Å². The van der Waals surface area contributed by atoms with Crippen molar-refractivity contribution in [2.45, 2.75) is 50.2 Å². The van der Waals surface area contributed by atoms with Crippen molar-refractivity contribution in [2.75, 3.05) is 6.54 Å². The average molecular weight is 256 g/mol. The zero-order chi connectivity index (χ0) is 12.7. The van der Waals surface area contributed by atoms with Crippen LogP contribution in [0.4, 0.5) is 0 Å². The van der Waals surface area contributed by atoms with Gasteiger partial charge in [0.05, 0.1) is 17.8 Å². The van der Waals surface area contributed by atoms with E-state index in [0.29, 0.717) is 18.1 Å². The molecule has 2 fully saturated rings. The second-order valence-electron chi connectivity index (χ2n) is 5.77. The maximum atomic E-state index is 4.70. The molecular weight excluding hydrogens is 236 g/mol. The molecule has 4 heteroatoms. The van der Waals surface area contributed by atoms with Gasteiger partial charge in [-0.05, 0) is 31.4 Å². The monoisotopic (exact) mass is 256 g/mol. The zero-order valence-electron chi connectivity index (χ0n) is 11.1. The van der Waals surface area contributed by atoms with Gasteiger partial charge in [-0.2, -0.15) is 0 Å². The predicted molar refractivity (Wildman–Crippen MR) is 74.9 cm³/mol. The standard InChI is InChI=1S/C15H20N4/c1-2-7-13-12(6-1)18-15-17-10-8-14(19(13)15)11-5-3-4-9-16-11/h3-5,9,12-14H,1-2,6-8,10H2,(H,17,18). The number of hydrogen-bond acceptors (Lipinski definition) is 4. The molecule has 3 aliphatic rings. The number of nitrogens with one attached hydrogen (secondary N) is 1. The van der Waals surface area contributed by atoms with E-state index in [9.17, 15) is 0 Å². The minimum absolute atomic E-state index is 0.411. The fourth-order valence-corrected chi connectivity index (χ4v) is 3.81. The third kappa shape index (κ3) is 1.81. The van der Waals surface area contributed by atoms with Gasteiger partial charge in [0.15, 0.2) is 5.96 Å². The molecule has 1 aromatic heterocycles. The van der Waals surface area contributed by atoms with Gasteiger partial charge in [-0.15, -0.1) is 0 Å². The molecule has 0 amide bonds. The van der Waals surface area contributed by atoms with Gasteiger partial charge in [-0.3, -0.25) is 9.98 Å². The highest BCUT2D eigenvalue weighted by Crippen LogP contribution is 2.37. The van der Waals surface area contributed by atoms with Gasteiger partial charge in [0.25, 0.3) is 0 Å². The Hall–Kier alpha value is -1.58. The third-order valence-corrected chi connectivity index (χ3v) is 4.67. The molecule has 0 bridgehead atoms. The number of guanidine groups is 1. The molecule has 1 aromatic rings. The van der Waals surface area contributed by atoms with E-state index in [1.165, 1.54) is 31.4 Å². The summed E-state index contributed by atoms with van der Waals surface area (Å²) in [7, 11) is 0. The highest BCUT2D eigenvalue weighted by Gasteiger charge is 2.44. The SMILES string of the molecule is c1ccc(C2CCN=C3NC4CCCCC4N32)nc1. The number of aliphatic imine (C=N–C) groups is 1. The molecule has 0 spiro atoms. The Kier molecular flexibility index (Phi) is 2.67. The topological polar surface area (TPSA) is 40.5 Å². The van der Waals surface area contributed by atoms with Crippen LogP contribution in [-0.4, -0.2) is 34.5 Å². The second kappa shape index (κ2) is 4.51. The van der Waals surface area contributed by atoms with E-state index in [4.69, 9.17) is 4.99 Å². The molecule has 0 radical (unpaired) electrons.